The van der Waals surface area contributed by atoms with Crippen molar-refractivity contribution in [3.63, 3.8) is 0 Å². The molecular weight excluding hydrogens is 324 g/mol. The molecule has 0 spiro atoms. The van der Waals surface area contributed by atoms with Gasteiger partial charge in [-0.2, -0.15) is 0 Å². The summed E-state index contributed by atoms with van der Waals surface area (Å²) in [4.78, 5) is 4.46. The zero-order chi connectivity index (χ0) is 13.2. The molecule has 2 atom stereocenters. The van der Waals surface area contributed by atoms with Gasteiger partial charge in [0.15, 0.2) is 0 Å². The van der Waals surface area contributed by atoms with E-state index in [1.807, 2.05) is 18.3 Å². The van der Waals surface area contributed by atoms with Crippen molar-refractivity contribution < 1.29 is 0 Å². The molecule has 19 heavy (non-hydrogen) atoms. The Bertz CT molecular complexity index is 587. The quantitative estimate of drug-likeness (QED) is 0.811. The number of pyridine rings is 1. The molecule has 2 unspecified atom stereocenters. The highest BCUT2D eigenvalue weighted by molar-refractivity contribution is 9.10. The van der Waals surface area contributed by atoms with Crippen LogP contribution in [-0.2, 0) is 0 Å². The van der Waals surface area contributed by atoms with E-state index in [2.05, 4.69) is 38.4 Å². The summed E-state index contributed by atoms with van der Waals surface area (Å²) in [7, 11) is 0. The van der Waals surface area contributed by atoms with Crippen LogP contribution in [0.3, 0.4) is 0 Å². The number of halogens is 2. The van der Waals surface area contributed by atoms with Crippen LogP contribution in [0.1, 0.15) is 19.3 Å². The van der Waals surface area contributed by atoms with E-state index in [9.17, 15) is 0 Å². The van der Waals surface area contributed by atoms with E-state index in [1.165, 1.54) is 11.8 Å². The molecule has 1 aromatic heterocycles. The number of anilines is 1. The van der Waals surface area contributed by atoms with Gasteiger partial charge in [-0.15, -0.1) is 11.6 Å². The Balaban J connectivity index is 1.79. The second-order valence-electron chi connectivity index (χ2n) is 5.15. The minimum absolute atomic E-state index is 0.362. The zero-order valence-corrected chi connectivity index (χ0v) is 12.9. The first-order valence-electron chi connectivity index (χ1n) is 6.65. The number of fused-ring (bicyclic) bond motifs is 1. The second kappa shape index (κ2) is 5.68. The van der Waals surface area contributed by atoms with E-state index in [1.54, 1.807) is 0 Å². The van der Waals surface area contributed by atoms with Crippen molar-refractivity contribution in [3.8, 4) is 0 Å². The maximum absolute atomic E-state index is 6.15. The molecule has 2 aromatic rings. The highest BCUT2D eigenvalue weighted by Crippen LogP contribution is 2.31. The fraction of sp³-hybridized carbons (Fsp3) is 0.400. The number of alkyl halides is 1. The van der Waals surface area contributed by atoms with E-state index in [0.29, 0.717) is 11.3 Å². The number of benzene rings is 1. The number of hydrogen-bond donors (Lipinski definition) is 1. The van der Waals surface area contributed by atoms with Gasteiger partial charge in [0.1, 0.15) is 5.82 Å². The van der Waals surface area contributed by atoms with Gasteiger partial charge in [-0.25, -0.2) is 4.98 Å². The standard InChI is InChI=1S/C15H16BrClN2/c16-14-3-1-2-13-12(14)6-7-18-15(13)19-9-10-4-5-11(17)8-10/h1-3,6-7,10-11H,4-5,8-9H2,(H,18,19). The lowest BCUT2D eigenvalue weighted by atomic mass is 10.1. The molecule has 3 rings (SSSR count). The monoisotopic (exact) mass is 338 g/mol. The first-order valence-corrected chi connectivity index (χ1v) is 7.88. The molecule has 1 aromatic carbocycles. The van der Waals surface area contributed by atoms with Crippen LogP contribution in [0, 0.1) is 5.92 Å². The third-order valence-electron chi connectivity index (χ3n) is 3.79. The van der Waals surface area contributed by atoms with Crippen molar-refractivity contribution in [2.24, 2.45) is 5.92 Å². The fourth-order valence-corrected chi connectivity index (χ4v) is 3.63. The number of nitrogens with one attached hydrogen (secondary N) is 1. The van der Waals surface area contributed by atoms with E-state index in [0.717, 1.165) is 35.1 Å². The SMILES string of the molecule is ClC1CCC(CNc2nccc3c(Br)cccc23)C1. The second-order valence-corrected chi connectivity index (χ2v) is 6.62. The molecule has 1 heterocycles. The Morgan fingerprint density at radius 1 is 1.26 bits per heavy atom. The van der Waals surface area contributed by atoms with Crippen molar-refractivity contribution in [2.75, 3.05) is 11.9 Å². The molecule has 100 valence electrons. The summed E-state index contributed by atoms with van der Waals surface area (Å²) >= 11 is 9.74. The molecule has 0 saturated heterocycles. The summed E-state index contributed by atoms with van der Waals surface area (Å²) in [5.74, 6) is 1.64. The Hall–Kier alpha value is -0.800. The maximum Gasteiger partial charge on any atom is 0.133 e. The number of aromatic nitrogens is 1. The van der Waals surface area contributed by atoms with Crippen molar-refractivity contribution >= 4 is 44.1 Å². The van der Waals surface area contributed by atoms with Crippen LogP contribution in [0.15, 0.2) is 34.9 Å². The van der Waals surface area contributed by atoms with E-state index in [-0.39, 0.29) is 0 Å². The smallest absolute Gasteiger partial charge is 0.133 e. The van der Waals surface area contributed by atoms with E-state index >= 15 is 0 Å². The predicted molar refractivity (Wildman–Crippen MR) is 84.9 cm³/mol. The van der Waals surface area contributed by atoms with Gasteiger partial charge < -0.3 is 5.32 Å². The van der Waals surface area contributed by atoms with Crippen LogP contribution >= 0.6 is 27.5 Å². The lowest BCUT2D eigenvalue weighted by Gasteiger charge is -2.13. The largest absolute Gasteiger partial charge is 0.369 e. The third-order valence-corrected chi connectivity index (χ3v) is 4.88. The first-order chi connectivity index (χ1) is 9.24. The molecule has 0 bridgehead atoms. The average Bonchev–Trinajstić information content (AvgIpc) is 2.83. The summed E-state index contributed by atoms with van der Waals surface area (Å²) in [6, 6.07) is 8.24. The van der Waals surface area contributed by atoms with Crippen molar-refractivity contribution in [2.45, 2.75) is 24.6 Å². The van der Waals surface area contributed by atoms with Gasteiger partial charge in [0.05, 0.1) is 0 Å². The molecule has 1 saturated carbocycles. The van der Waals surface area contributed by atoms with Gasteiger partial charge in [-0.1, -0.05) is 28.1 Å². The Kier molecular flexibility index (Phi) is 3.94. The molecule has 4 heteroatoms. The van der Waals surface area contributed by atoms with Crippen molar-refractivity contribution in [1.29, 1.82) is 0 Å². The highest BCUT2D eigenvalue weighted by Gasteiger charge is 2.22. The molecule has 0 aliphatic heterocycles. The van der Waals surface area contributed by atoms with Crippen molar-refractivity contribution in [1.82, 2.24) is 4.98 Å². The lowest BCUT2D eigenvalue weighted by molar-refractivity contribution is 0.580. The number of hydrogen-bond acceptors (Lipinski definition) is 2. The van der Waals surface area contributed by atoms with Gasteiger partial charge in [-0.05, 0) is 37.3 Å². The van der Waals surface area contributed by atoms with Gasteiger partial charge in [0, 0.05) is 33.4 Å². The Morgan fingerprint density at radius 3 is 2.95 bits per heavy atom. The van der Waals surface area contributed by atoms with Crippen LogP contribution in [0.5, 0.6) is 0 Å². The summed E-state index contributed by atoms with van der Waals surface area (Å²) in [6.45, 7) is 0.960. The fourth-order valence-electron chi connectivity index (χ4n) is 2.75. The normalized spacial score (nSPS) is 22.8. The average molecular weight is 340 g/mol. The molecule has 1 aliphatic carbocycles. The Labute approximate surface area is 126 Å². The Morgan fingerprint density at radius 2 is 2.16 bits per heavy atom. The molecule has 1 fully saturated rings. The van der Waals surface area contributed by atoms with Crippen LogP contribution < -0.4 is 5.32 Å². The van der Waals surface area contributed by atoms with Crippen LogP contribution in [0.2, 0.25) is 0 Å². The number of rotatable bonds is 3. The highest BCUT2D eigenvalue weighted by atomic mass is 79.9. The minimum Gasteiger partial charge on any atom is -0.369 e. The first kappa shape index (κ1) is 13.2. The van der Waals surface area contributed by atoms with E-state index in [4.69, 9.17) is 11.6 Å². The van der Waals surface area contributed by atoms with Crippen LogP contribution in [0.25, 0.3) is 10.8 Å². The molecular formula is C15H16BrClN2. The summed E-state index contributed by atoms with van der Waals surface area (Å²) in [5, 5.41) is 6.21. The number of nitrogens with zero attached hydrogens (tertiary/aromatic N) is 1. The lowest BCUT2D eigenvalue weighted by Crippen LogP contribution is -2.12. The maximum atomic E-state index is 6.15. The molecule has 1 N–H and O–H groups in total. The summed E-state index contributed by atoms with van der Waals surface area (Å²) in [5.41, 5.74) is 0. The predicted octanol–water partition coefficient (Wildman–Crippen LogP) is 4.82. The summed E-state index contributed by atoms with van der Waals surface area (Å²) < 4.78 is 1.11. The molecule has 1 aliphatic rings. The van der Waals surface area contributed by atoms with Crippen LogP contribution in [-0.4, -0.2) is 16.9 Å². The van der Waals surface area contributed by atoms with Gasteiger partial charge in [-0.3, -0.25) is 0 Å². The van der Waals surface area contributed by atoms with Gasteiger partial charge >= 0.3 is 0 Å². The van der Waals surface area contributed by atoms with E-state index < -0.39 is 0 Å². The van der Waals surface area contributed by atoms with Gasteiger partial charge in [0.2, 0.25) is 0 Å². The third kappa shape index (κ3) is 2.87. The van der Waals surface area contributed by atoms with Gasteiger partial charge in [0.25, 0.3) is 0 Å². The topological polar surface area (TPSA) is 24.9 Å². The molecule has 2 nitrogen and oxygen atoms in total. The van der Waals surface area contributed by atoms with Crippen molar-refractivity contribution in [3.05, 3.63) is 34.9 Å². The molecule has 0 radical (unpaired) electrons. The van der Waals surface area contributed by atoms with Crippen LogP contribution in [0.4, 0.5) is 5.82 Å². The zero-order valence-electron chi connectivity index (χ0n) is 10.6. The summed E-state index contributed by atoms with van der Waals surface area (Å²) in [6.07, 6.45) is 5.33. The molecule has 0 amide bonds. The minimum atomic E-state index is 0.362.